The molecule has 0 unspecified atom stereocenters. The molecular weight excluding hydrogens is 605 g/mol. The second-order valence-electron chi connectivity index (χ2n) is 14.3. The molecule has 210 valence electrons. The molecule has 2 nitrogen and oxygen atoms in total. The molecule has 0 saturated heterocycles. The van der Waals surface area contributed by atoms with Gasteiger partial charge < -0.3 is 0 Å². The Kier molecular flexibility index (Phi) is 10.9. The first-order valence-corrected chi connectivity index (χ1v) is 22.2. The first kappa shape index (κ1) is 34.5. The second-order valence-corrected chi connectivity index (χ2v) is 20.0. The molecule has 0 fully saturated rings. The van der Waals surface area contributed by atoms with Gasteiger partial charge >= 0.3 is 34.5 Å². The Bertz CT molecular complexity index is 1340. The third-order valence-corrected chi connectivity index (χ3v) is 8.08. The number of thiophene rings is 1. The van der Waals surface area contributed by atoms with Crippen molar-refractivity contribution in [1.82, 2.24) is 0 Å². The van der Waals surface area contributed by atoms with Gasteiger partial charge in [0.15, 0.2) is 11.4 Å². The molecule has 0 spiro atoms. The van der Waals surface area contributed by atoms with Crippen molar-refractivity contribution in [2.45, 2.75) is 105 Å². The van der Waals surface area contributed by atoms with E-state index in [9.17, 15) is 0 Å². The standard InChI is InChI=1S/C34H42N2S.2ClH.Zn/c1-31(2,3)21-17-23(29(35-13)25(19-21)33(7,8)9)27-15-16-28(37-27)24-18-22(32(4,5)6)20-26(30(24)36-14)34(10,11)12;;;/h15-20H,1-12H3;2*1H;/q;;;+2/p-2. The van der Waals surface area contributed by atoms with Crippen LogP contribution in [-0.4, -0.2) is 0 Å². The predicted molar refractivity (Wildman–Crippen MR) is 174 cm³/mol. The Labute approximate surface area is 262 Å². The van der Waals surface area contributed by atoms with Crippen molar-refractivity contribution in [2.24, 2.45) is 0 Å². The van der Waals surface area contributed by atoms with Crippen molar-refractivity contribution in [1.29, 1.82) is 0 Å². The molecule has 0 aliphatic heterocycles. The van der Waals surface area contributed by atoms with Crippen molar-refractivity contribution < 1.29 is 15.1 Å². The zero-order chi connectivity index (χ0) is 30.8. The zero-order valence-corrected chi connectivity index (χ0v) is 31.5. The molecule has 40 heavy (non-hydrogen) atoms. The molecule has 3 aromatic rings. The Balaban J connectivity index is 0.00000178. The third-order valence-electron chi connectivity index (χ3n) is 6.93. The van der Waals surface area contributed by atoms with E-state index in [4.69, 9.17) is 32.5 Å². The Morgan fingerprint density at radius 2 is 0.875 bits per heavy atom. The number of halogens is 2. The molecule has 0 aliphatic rings. The Hall–Kier alpha value is -1.68. The van der Waals surface area contributed by atoms with Crippen LogP contribution >= 0.6 is 30.7 Å². The monoisotopic (exact) mass is 644 g/mol. The van der Waals surface area contributed by atoms with Crippen molar-refractivity contribution in [3.63, 3.8) is 0 Å². The fraction of sp³-hybridized carbons (Fsp3) is 0.471. The van der Waals surface area contributed by atoms with Gasteiger partial charge in [0, 0.05) is 9.75 Å². The Morgan fingerprint density at radius 3 is 1.10 bits per heavy atom. The zero-order valence-electron chi connectivity index (χ0n) is 26.2. The number of hydrogen-bond donors (Lipinski definition) is 0. The molecule has 1 aromatic heterocycles. The minimum absolute atomic E-state index is 0.0324. The van der Waals surface area contributed by atoms with E-state index in [2.05, 4.69) is 129 Å². The van der Waals surface area contributed by atoms with E-state index in [0.717, 1.165) is 43.4 Å². The van der Waals surface area contributed by atoms with Gasteiger partial charge in [0.05, 0.1) is 13.1 Å². The number of nitrogens with zero attached hydrogens (tertiary/aromatic N) is 2. The summed E-state index contributed by atoms with van der Waals surface area (Å²) in [5, 5.41) is 0. The average molecular weight is 647 g/mol. The number of benzene rings is 2. The van der Waals surface area contributed by atoms with E-state index in [1.54, 1.807) is 11.3 Å². The summed E-state index contributed by atoms with van der Waals surface area (Å²) < 4.78 is 0. The molecule has 1 heterocycles. The molecule has 0 amide bonds. The van der Waals surface area contributed by atoms with Crippen LogP contribution in [0.15, 0.2) is 36.4 Å². The van der Waals surface area contributed by atoms with Crippen LogP contribution in [0, 0.1) is 13.1 Å². The van der Waals surface area contributed by atoms with Gasteiger partial charge in [-0.05, 0) is 67.2 Å². The predicted octanol–water partition coefficient (Wildman–Crippen LogP) is 12.8. The van der Waals surface area contributed by atoms with Crippen LogP contribution in [0.4, 0.5) is 11.4 Å². The summed E-state index contributed by atoms with van der Waals surface area (Å²) >= 11 is 0.758. The molecular formula is C34H42Cl2N2SZn. The molecule has 3 rings (SSSR count). The van der Waals surface area contributed by atoms with E-state index >= 15 is 0 Å². The quantitative estimate of drug-likeness (QED) is 0.193. The van der Waals surface area contributed by atoms with Crippen molar-refractivity contribution in [3.8, 4) is 20.9 Å². The van der Waals surface area contributed by atoms with E-state index in [-0.39, 0.29) is 21.7 Å². The van der Waals surface area contributed by atoms with E-state index in [1.165, 1.54) is 11.1 Å². The van der Waals surface area contributed by atoms with Crippen LogP contribution in [0.3, 0.4) is 0 Å². The fourth-order valence-electron chi connectivity index (χ4n) is 4.52. The van der Waals surface area contributed by atoms with Crippen LogP contribution in [0.5, 0.6) is 0 Å². The molecule has 0 aliphatic carbocycles. The summed E-state index contributed by atoms with van der Waals surface area (Å²) in [6.07, 6.45) is 0. The first-order chi connectivity index (χ1) is 18.2. The van der Waals surface area contributed by atoms with Crippen LogP contribution in [0.2, 0.25) is 0 Å². The summed E-state index contributed by atoms with van der Waals surface area (Å²) in [7, 11) is 9.90. The fourth-order valence-corrected chi connectivity index (χ4v) is 5.56. The first-order valence-electron chi connectivity index (χ1n) is 13.6. The molecule has 0 radical (unpaired) electrons. The van der Waals surface area contributed by atoms with Gasteiger partial charge in [-0.15, -0.1) is 11.3 Å². The van der Waals surface area contributed by atoms with Crippen molar-refractivity contribution >= 4 is 42.1 Å². The summed E-state index contributed by atoms with van der Waals surface area (Å²) in [6.45, 7) is 42.6. The third kappa shape index (κ3) is 7.99. The normalized spacial score (nSPS) is 12.1. The van der Waals surface area contributed by atoms with E-state index < -0.39 is 15.1 Å². The summed E-state index contributed by atoms with van der Waals surface area (Å²) in [6, 6.07) is 13.1. The van der Waals surface area contributed by atoms with Crippen LogP contribution < -0.4 is 0 Å². The van der Waals surface area contributed by atoms with E-state index in [1.807, 2.05) is 0 Å². The van der Waals surface area contributed by atoms with Crippen LogP contribution in [0.25, 0.3) is 30.6 Å². The molecule has 0 N–H and O–H groups in total. The van der Waals surface area contributed by atoms with Crippen molar-refractivity contribution in [3.05, 3.63) is 81.5 Å². The molecule has 2 aromatic carbocycles. The van der Waals surface area contributed by atoms with Gasteiger partial charge in [-0.3, -0.25) is 0 Å². The van der Waals surface area contributed by atoms with Gasteiger partial charge in [-0.2, -0.15) is 0 Å². The van der Waals surface area contributed by atoms with Gasteiger partial charge in [0.1, 0.15) is 0 Å². The van der Waals surface area contributed by atoms with Gasteiger partial charge in [-0.1, -0.05) is 107 Å². The van der Waals surface area contributed by atoms with Gasteiger partial charge in [0.25, 0.3) is 0 Å². The molecule has 0 bridgehead atoms. The van der Waals surface area contributed by atoms with E-state index in [0.29, 0.717) is 0 Å². The second kappa shape index (κ2) is 12.7. The summed E-state index contributed by atoms with van der Waals surface area (Å²) in [5.41, 5.74) is 7.76. The topological polar surface area (TPSA) is 8.72 Å². The molecule has 0 saturated carbocycles. The van der Waals surface area contributed by atoms with Gasteiger partial charge in [0.2, 0.25) is 0 Å². The maximum absolute atomic E-state index is 8.10. The van der Waals surface area contributed by atoms with Crippen LogP contribution in [0.1, 0.15) is 105 Å². The SMILES string of the molecule is [C-]#[N+]c1c(-c2ccc(-c3cc(C(C)(C)C)cc(C(C)(C)C)c3[N+]#[C-])s2)cc(C(C)(C)C)cc1C(C)(C)C.[Cl][Zn][Cl]. The van der Waals surface area contributed by atoms with Gasteiger partial charge in [-0.25, -0.2) is 9.69 Å². The summed E-state index contributed by atoms with van der Waals surface area (Å²) in [4.78, 5) is 10.3. The minimum atomic E-state index is -0.931. The summed E-state index contributed by atoms with van der Waals surface area (Å²) in [5.74, 6) is 0. The van der Waals surface area contributed by atoms with Crippen LogP contribution in [-0.2, 0) is 36.8 Å². The average Bonchev–Trinajstić information content (AvgIpc) is 3.30. The number of rotatable bonds is 2. The molecule has 6 heteroatoms. The molecule has 0 atom stereocenters. The number of hydrogen-bond acceptors (Lipinski definition) is 1. The van der Waals surface area contributed by atoms with Crippen molar-refractivity contribution in [2.75, 3.05) is 0 Å². The maximum atomic E-state index is 8.10. The Morgan fingerprint density at radius 1 is 0.575 bits per heavy atom.